The molecule has 0 radical (unpaired) electrons. The largest absolute Gasteiger partial charge is 0.358 e. The highest BCUT2D eigenvalue weighted by molar-refractivity contribution is 5.01. The van der Waals surface area contributed by atoms with E-state index in [-0.39, 0.29) is 0 Å². The fourth-order valence-electron chi connectivity index (χ4n) is 0.743. The van der Waals surface area contributed by atoms with Gasteiger partial charge in [-0.25, -0.2) is 0 Å². The van der Waals surface area contributed by atoms with E-state index in [2.05, 4.69) is 15.9 Å². The number of nitrogens with one attached hydrogen (secondary N) is 1. The summed E-state index contributed by atoms with van der Waals surface area (Å²) in [5.41, 5.74) is 5.03. The van der Waals surface area contributed by atoms with E-state index in [1.165, 1.54) is 5.56 Å². The summed E-state index contributed by atoms with van der Waals surface area (Å²) in [6.45, 7) is 1.01. The van der Waals surface area contributed by atoms with Gasteiger partial charge in [-0.15, -0.1) is 0 Å². The third-order valence-electron chi connectivity index (χ3n) is 1.27. The Bertz CT molecular complexity index is 145. The lowest BCUT2D eigenvalue weighted by Crippen LogP contribution is -2.50. The zero-order valence-corrected chi connectivity index (χ0v) is 5.43. The molecule has 0 fully saturated rings. The van der Waals surface area contributed by atoms with Crippen molar-refractivity contribution in [3.63, 3.8) is 0 Å². The molecule has 1 aromatic heterocycles. The Hall–Kier alpha value is -0.830. The molecule has 0 atom stereocenters. The molecule has 1 aromatic rings. The normalized spacial score (nSPS) is 9.89. The summed E-state index contributed by atoms with van der Waals surface area (Å²) < 4.78 is 0. The third-order valence-corrected chi connectivity index (χ3v) is 1.27. The van der Waals surface area contributed by atoms with Crippen LogP contribution in [-0.2, 0) is 6.42 Å². The van der Waals surface area contributed by atoms with Crippen LogP contribution in [0.3, 0.4) is 0 Å². The van der Waals surface area contributed by atoms with Gasteiger partial charge in [0.2, 0.25) is 0 Å². The minimum absolute atomic E-state index is 1.01. The first-order valence-electron chi connectivity index (χ1n) is 3.20. The lowest BCUT2D eigenvalue weighted by molar-refractivity contribution is -0.368. The molecule has 3 heteroatoms. The predicted molar refractivity (Wildman–Crippen MR) is 34.7 cm³/mol. The number of quaternary nitrogens is 1. The van der Waals surface area contributed by atoms with Crippen molar-refractivity contribution in [3.8, 4) is 0 Å². The van der Waals surface area contributed by atoms with Crippen molar-refractivity contribution < 1.29 is 5.73 Å². The van der Waals surface area contributed by atoms with E-state index >= 15 is 0 Å². The minimum Gasteiger partial charge on any atom is -0.358 e. The molecular weight excluding hydrogens is 114 g/mol. The van der Waals surface area contributed by atoms with Crippen LogP contribution in [0.5, 0.6) is 0 Å². The smallest absolute Gasteiger partial charge is 0.0743 e. The maximum atomic E-state index is 3.83. The number of hydrogen-bond acceptors (Lipinski definition) is 1. The van der Waals surface area contributed by atoms with Crippen molar-refractivity contribution in [2.24, 2.45) is 0 Å². The monoisotopic (exact) mass is 126 g/mol. The van der Waals surface area contributed by atoms with Crippen molar-refractivity contribution in [3.05, 3.63) is 18.0 Å². The topological polar surface area (TPSA) is 56.3 Å². The van der Waals surface area contributed by atoms with Gasteiger partial charge in [-0.1, -0.05) is 0 Å². The molecule has 0 amide bonds. The van der Waals surface area contributed by atoms with Gasteiger partial charge in [0.05, 0.1) is 12.7 Å². The van der Waals surface area contributed by atoms with Gasteiger partial charge in [0, 0.05) is 12.6 Å². The average molecular weight is 126 g/mol. The van der Waals surface area contributed by atoms with E-state index in [1.807, 2.05) is 12.4 Å². The van der Waals surface area contributed by atoms with E-state index in [1.54, 1.807) is 0 Å². The van der Waals surface area contributed by atoms with Crippen molar-refractivity contribution in [2.75, 3.05) is 6.54 Å². The SMILES string of the molecule is [NH3+]CCCc1cn[nH]c1. The number of aromatic amines is 1. The first-order chi connectivity index (χ1) is 4.43. The van der Waals surface area contributed by atoms with Gasteiger partial charge < -0.3 is 5.73 Å². The van der Waals surface area contributed by atoms with Crippen LogP contribution in [-0.4, -0.2) is 16.7 Å². The van der Waals surface area contributed by atoms with E-state index < -0.39 is 0 Å². The van der Waals surface area contributed by atoms with Crippen molar-refractivity contribution >= 4 is 0 Å². The van der Waals surface area contributed by atoms with Crippen molar-refractivity contribution in [1.29, 1.82) is 0 Å². The van der Waals surface area contributed by atoms with Crippen LogP contribution in [0.4, 0.5) is 0 Å². The molecule has 0 spiro atoms. The van der Waals surface area contributed by atoms with Crippen LogP contribution >= 0.6 is 0 Å². The minimum atomic E-state index is 1.01. The van der Waals surface area contributed by atoms with Crippen LogP contribution in [0.2, 0.25) is 0 Å². The number of rotatable bonds is 3. The van der Waals surface area contributed by atoms with Crippen molar-refractivity contribution in [2.45, 2.75) is 12.8 Å². The summed E-state index contributed by atoms with van der Waals surface area (Å²) in [5.74, 6) is 0. The summed E-state index contributed by atoms with van der Waals surface area (Å²) in [7, 11) is 0. The molecule has 4 N–H and O–H groups in total. The second kappa shape index (κ2) is 3.25. The molecule has 3 nitrogen and oxygen atoms in total. The molecule has 50 valence electrons. The molecule has 1 rings (SSSR count). The highest BCUT2D eigenvalue weighted by Crippen LogP contribution is 1.96. The average Bonchev–Trinajstić information content (AvgIpc) is 2.34. The summed E-state index contributed by atoms with van der Waals surface area (Å²) in [6.07, 6.45) is 6.03. The predicted octanol–water partition coefficient (Wildman–Crippen LogP) is -0.416. The van der Waals surface area contributed by atoms with E-state index in [0.717, 1.165) is 19.4 Å². The van der Waals surface area contributed by atoms with E-state index in [9.17, 15) is 0 Å². The van der Waals surface area contributed by atoms with Crippen LogP contribution < -0.4 is 5.73 Å². The quantitative estimate of drug-likeness (QED) is 0.568. The van der Waals surface area contributed by atoms with Gasteiger partial charge >= 0.3 is 0 Å². The first kappa shape index (κ1) is 6.29. The Morgan fingerprint density at radius 2 is 2.56 bits per heavy atom. The second-order valence-corrected chi connectivity index (χ2v) is 2.06. The maximum absolute atomic E-state index is 3.83. The molecule has 1 heterocycles. The molecule has 0 saturated carbocycles. The Morgan fingerprint density at radius 1 is 1.67 bits per heavy atom. The van der Waals surface area contributed by atoms with Gasteiger partial charge in [0.1, 0.15) is 0 Å². The van der Waals surface area contributed by atoms with Gasteiger partial charge in [0.25, 0.3) is 0 Å². The Balaban J connectivity index is 2.30. The fraction of sp³-hybridized carbons (Fsp3) is 0.500. The molecule has 0 aromatic carbocycles. The van der Waals surface area contributed by atoms with Gasteiger partial charge in [-0.2, -0.15) is 5.10 Å². The molecule has 0 unspecified atom stereocenters. The lowest BCUT2D eigenvalue weighted by atomic mass is 10.2. The number of aromatic nitrogens is 2. The number of nitrogens with zero attached hydrogens (tertiary/aromatic N) is 1. The molecule has 0 aliphatic carbocycles. The van der Waals surface area contributed by atoms with Crippen LogP contribution in [0.1, 0.15) is 12.0 Å². The second-order valence-electron chi connectivity index (χ2n) is 2.06. The Morgan fingerprint density at radius 3 is 3.11 bits per heavy atom. The summed E-state index contributed by atoms with van der Waals surface area (Å²) in [4.78, 5) is 0. The van der Waals surface area contributed by atoms with E-state index in [4.69, 9.17) is 0 Å². The highest BCUT2D eigenvalue weighted by atomic mass is 15.1. The number of hydrogen-bond donors (Lipinski definition) is 2. The molecule has 0 bridgehead atoms. The standard InChI is InChI=1S/C6H11N3/c7-3-1-2-6-4-8-9-5-6/h4-5H,1-3,7H2,(H,8,9)/p+1. The van der Waals surface area contributed by atoms with Gasteiger partial charge in [-0.05, 0) is 12.0 Å². The van der Waals surface area contributed by atoms with Crippen molar-refractivity contribution in [1.82, 2.24) is 10.2 Å². The Kier molecular flexibility index (Phi) is 2.27. The first-order valence-corrected chi connectivity index (χ1v) is 3.20. The molecule has 0 aliphatic heterocycles. The molecule has 0 aliphatic rings. The summed E-state index contributed by atoms with van der Waals surface area (Å²) in [5, 5.41) is 6.60. The van der Waals surface area contributed by atoms with Crippen LogP contribution in [0, 0.1) is 0 Å². The summed E-state index contributed by atoms with van der Waals surface area (Å²) in [6, 6.07) is 0. The van der Waals surface area contributed by atoms with E-state index in [0.29, 0.717) is 0 Å². The third kappa shape index (κ3) is 1.85. The van der Waals surface area contributed by atoms with Crippen LogP contribution in [0.25, 0.3) is 0 Å². The highest BCUT2D eigenvalue weighted by Gasteiger charge is 1.91. The zero-order valence-electron chi connectivity index (χ0n) is 5.43. The van der Waals surface area contributed by atoms with Gasteiger partial charge in [0.15, 0.2) is 0 Å². The number of H-pyrrole nitrogens is 1. The fourth-order valence-corrected chi connectivity index (χ4v) is 0.743. The van der Waals surface area contributed by atoms with Gasteiger partial charge in [-0.3, -0.25) is 5.10 Å². The maximum Gasteiger partial charge on any atom is 0.0743 e. The number of aryl methyl sites for hydroxylation is 1. The van der Waals surface area contributed by atoms with Crippen LogP contribution in [0.15, 0.2) is 12.4 Å². The lowest BCUT2D eigenvalue weighted by Gasteiger charge is -1.87. The molecule has 0 saturated heterocycles. The molecule has 9 heavy (non-hydrogen) atoms. The Labute approximate surface area is 54.3 Å². The summed E-state index contributed by atoms with van der Waals surface area (Å²) >= 11 is 0. The molecular formula is C6H12N3+. The zero-order chi connectivity index (χ0) is 6.53.